The zero-order valence-electron chi connectivity index (χ0n) is 15.2. The van der Waals surface area contributed by atoms with Gasteiger partial charge in [-0.2, -0.15) is 4.37 Å². The SMILES string of the molecule is CC(C)(C)c1nsc(NC2CCN(S(=O)(=O)C3CCOCC3)CC2)n1. The van der Waals surface area contributed by atoms with Crippen LogP contribution in [0.4, 0.5) is 5.13 Å². The highest BCUT2D eigenvalue weighted by Crippen LogP contribution is 2.27. The molecule has 142 valence electrons. The first-order valence-electron chi connectivity index (χ1n) is 8.94. The molecule has 0 saturated carbocycles. The first-order valence-corrected chi connectivity index (χ1v) is 11.2. The summed E-state index contributed by atoms with van der Waals surface area (Å²) in [4.78, 5) is 4.57. The first kappa shape index (κ1) is 19.0. The summed E-state index contributed by atoms with van der Waals surface area (Å²) >= 11 is 1.38. The van der Waals surface area contributed by atoms with E-state index in [0.29, 0.717) is 39.1 Å². The fourth-order valence-corrected chi connectivity index (χ4v) is 5.96. The highest BCUT2D eigenvalue weighted by molar-refractivity contribution is 7.89. The molecule has 2 saturated heterocycles. The Hall–Kier alpha value is -0.770. The lowest BCUT2D eigenvalue weighted by atomic mass is 9.96. The summed E-state index contributed by atoms with van der Waals surface area (Å²) in [5.41, 5.74) is -0.0580. The molecule has 0 bridgehead atoms. The standard InChI is InChI=1S/C16H28N4O3S2/c1-16(2,3)14-18-15(24-19-14)17-12-4-8-20(9-5-12)25(21,22)13-6-10-23-11-7-13/h12-13H,4-11H2,1-3H3,(H,17,18,19). The van der Waals surface area contributed by atoms with Crippen LogP contribution in [0.2, 0.25) is 0 Å². The normalized spacial score (nSPS) is 22.2. The number of hydrogen-bond acceptors (Lipinski definition) is 7. The van der Waals surface area contributed by atoms with Gasteiger partial charge in [-0.3, -0.25) is 0 Å². The maximum Gasteiger partial charge on any atom is 0.217 e. The Kier molecular flexibility index (Phi) is 5.67. The van der Waals surface area contributed by atoms with E-state index in [1.165, 1.54) is 11.5 Å². The molecule has 25 heavy (non-hydrogen) atoms. The van der Waals surface area contributed by atoms with Crippen LogP contribution >= 0.6 is 11.5 Å². The monoisotopic (exact) mass is 388 g/mol. The molecule has 0 aromatic carbocycles. The summed E-state index contributed by atoms with van der Waals surface area (Å²) < 4.78 is 36.9. The molecule has 9 heteroatoms. The minimum atomic E-state index is -3.20. The minimum Gasteiger partial charge on any atom is -0.381 e. The molecule has 2 aliphatic rings. The Morgan fingerprint density at radius 3 is 2.36 bits per heavy atom. The topological polar surface area (TPSA) is 84.4 Å². The van der Waals surface area contributed by atoms with E-state index in [-0.39, 0.29) is 16.7 Å². The van der Waals surface area contributed by atoms with E-state index in [0.717, 1.165) is 23.8 Å². The smallest absolute Gasteiger partial charge is 0.217 e. The number of rotatable bonds is 4. The molecule has 1 N–H and O–H groups in total. The van der Waals surface area contributed by atoms with E-state index in [2.05, 4.69) is 35.4 Å². The highest BCUT2D eigenvalue weighted by Gasteiger charge is 2.35. The van der Waals surface area contributed by atoms with Crippen molar-refractivity contribution in [2.45, 2.75) is 63.2 Å². The molecule has 2 aliphatic heterocycles. The number of piperidine rings is 1. The van der Waals surface area contributed by atoms with E-state index in [1.54, 1.807) is 4.31 Å². The molecule has 0 aliphatic carbocycles. The molecule has 1 aromatic heterocycles. The zero-order chi connectivity index (χ0) is 18.1. The second kappa shape index (κ2) is 7.46. The molecule has 0 spiro atoms. The van der Waals surface area contributed by atoms with Gasteiger partial charge in [-0.25, -0.2) is 17.7 Å². The maximum atomic E-state index is 12.7. The Labute approximate surface area is 154 Å². The van der Waals surface area contributed by atoms with Crippen LogP contribution in [0.25, 0.3) is 0 Å². The van der Waals surface area contributed by atoms with Gasteiger partial charge in [0.2, 0.25) is 15.2 Å². The molecule has 3 heterocycles. The molecule has 0 atom stereocenters. The number of ether oxygens (including phenoxy) is 1. The molecular formula is C16H28N4O3S2. The Morgan fingerprint density at radius 1 is 1.16 bits per heavy atom. The fraction of sp³-hybridized carbons (Fsp3) is 0.875. The van der Waals surface area contributed by atoms with Crippen LogP contribution in [0.15, 0.2) is 0 Å². The lowest BCUT2D eigenvalue weighted by Gasteiger charge is -2.34. The van der Waals surface area contributed by atoms with Gasteiger partial charge in [0.05, 0.1) is 5.25 Å². The summed E-state index contributed by atoms with van der Waals surface area (Å²) in [6, 6.07) is 0.252. The van der Waals surface area contributed by atoms with Crippen molar-refractivity contribution < 1.29 is 13.2 Å². The molecule has 2 fully saturated rings. The lowest BCUT2D eigenvalue weighted by Crippen LogP contribution is -2.47. The number of hydrogen-bond donors (Lipinski definition) is 1. The van der Waals surface area contributed by atoms with Gasteiger partial charge in [-0.15, -0.1) is 0 Å². The van der Waals surface area contributed by atoms with Gasteiger partial charge < -0.3 is 10.1 Å². The largest absolute Gasteiger partial charge is 0.381 e. The van der Waals surface area contributed by atoms with E-state index >= 15 is 0 Å². The summed E-state index contributed by atoms with van der Waals surface area (Å²) in [5.74, 6) is 0.847. The third-order valence-electron chi connectivity index (χ3n) is 4.83. The predicted octanol–water partition coefficient (Wildman–Crippen LogP) is 2.22. The highest BCUT2D eigenvalue weighted by atomic mass is 32.2. The lowest BCUT2D eigenvalue weighted by molar-refractivity contribution is 0.0969. The van der Waals surface area contributed by atoms with Crippen LogP contribution in [0.3, 0.4) is 0 Å². The average molecular weight is 389 g/mol. The molecule has 0 radical (unpaired) electrons. The van der Waals surface area contributed by atoms with Crippen LogP contribution in [0, 0.1) is 0 Å². The minimum absolute atomic E-state index is 0.0580. The predicted molar refractivity (Wildman–Crippen MR) is 99.6 cm³/mol. The van der Waals surface area contributed by atoms with Gasteiger partial charge in [0.1, 0.15) is 5.82 Å². The van der Waals surface area contributed by atoms with Crippen LogP contribution in [0.5, 0.6) is 0 Å². The second-order valence-corrected chi connectivity index (χ2v) is 10.8. The van der Waals surface area contributed by atoms with Gasteiger partial charge in [0.25, 0.3) is 0 Å². The summed E-state index contributed by atoms with van der Waals surface area (Å²) in [7, 11) is -3.20. The average Bonchev–Trinajstić information content (AvgIpc) is 3.05. The Morgan fingerprint density at radius 2 is 1.80 bits per heavy atom. The molecular weight excluding hydrogens is 360 g/mol. The number of nitrogens with one attached hydrogen (secondary N) is 1. The van der Waals surface area contributed by atoms with Crippen molar-refractivity contribution in [3.05, 3.63) is 5.82 Å². The molecule has 1 aromatic rings. The van der Waals surface area contributed by atoms with Crippen molar-refractivity contribution in [2.75, 3.05) is 31.6 Å². The van der Waals surface area contributed by atoms with E-state index in [4.69, 9.17) is 4.74 Å². The molecule has 3 rings (SSSR count). The van der Waals surface area contributed by atoms with E-state index < -0.39 is 10.0 Å². The Balaban J connectivity index is 1.54. The molecule has 7 nitrogen and oxygen atoms in total. The van der Waals surface area contributed by atoms with Gasteiger partial charge in [0, 0.05) is 49.3 Å². The van der Waals surface area contributed by atoms with Crippen molar-refractivity contribution >= 4 is 26.7 Å². The zero-order valence-corrected chi connectivity index (χ0v) is 16.8. The fourth-order valence-electron chi connectivity index (χ4n) is 3.20. The quantitative estimate of drug-likeness (QED) is 0.851. The van der Waals surface area contributed by atoms with Crippen LogP contribution < -0.4 is 5.32 Å². The summed E-state index contributed by atoms with van der Waals surface area (Å²) in [5, 5.41) is 3.98. The van der Waals surface area contributed by atoms with Crippen molar-refractivity contribution in [3.8, 4) is 0 Å². The molecule has 0 unspecified atom stereocenters. The van der Waals surface area contributed by atoms with Crippen molar-refractivity contribution in [2.24, 2.45) is 0 Å². The van der Waals surface area contributed by atoms with Crippen LogP contribution in [-0.2, 0) is 20.2 Å². The third kappa shape index (κ3) is 4.50. The van der Waals surface area contributed by atoms with Gasteiger partial charge in [-0.05, 0) is 25.7 Å². The van der Waals surface area contributed by atoms with Gasteiger partial charge >= 0.3 is 0 Å². The summed E-state index contributed by atoms with van der Waals surface area (Å²) in [6.07, 6.45) is 2.82. The number of anilines is 1. The van der Waals surface area contributed by atoms with Crippen molar-refractivity contribution in [1.29, 1.82) is 0 Å². The van der Waals surface area contributed by atoms with Gasteiger partial charge in [-0.1, -0.05) is 20.8 Å². The van der Waals surface area contributed by atoms with Crippen LogP contribution in [0.1, 0.15) is 52.3 Å². The third-order valence-corrected chi connectivity index (χ3v) is 7.87. The molecule has 0 amide bonds. The number of aromatic nitrogens is 2. The van der Waals surface area contributed by atoms with Gasteiger partial charge in [0.15, 0.2) is 0 Å². The summed E-state index contributed by atoms with van der Waals surface area (Å²) in [6.45, 7) is 8.53. The van der Waals surface area contributed by atoms with Crippen molar-refractivity contribution in [3.63, 3.8) is 0 Å². The van der Waals surface area contributed by atoms with Crippen molar-refractivity contribution in [1.82, 2.24) is 13.7 Å². The van der Waals surface area contributed by atoms with Crippen LogP contribution in [-0.4, -0.2) is 59.7 Å². The Bertz CT molecular complexity index is 670. The number of nitrogens with zero attached hydrogens (tertiary/aromatic N) is 3. The number of sulfonamides is 1. The van der Waals surface area contributed by atoms with E-state index in [9.17, 15) is 8.42 Å². The second-order valence-electron chi connectivity index (χ2n) is 7.85. The first-order chi connectivity index (χ1) is 11.8. The maximum absolute atomic E-state index is 12.7. The van der Waals surface area contributed by atoms with E-state index in [1.807, 2.05) is 0 Å².